The van der Waals surface area contributed by atoms with E-state index in [-0.39, 0.29) is 5.76 Å². The number of methoxy groups -OCH3 is 1. The smallest absolute Gasteiger partial charge is 0.376 e. The zero-order valence-corrected chi connectivity index (χ0v) is 10.7. The second-order valence-corrected chi connectivity index (χ2v) is 4.04. The Labute approximate surface area is 110 Å². The highest BCUT2D eigenvalue weighted by molar-refractivity contribution is 6.30. The van der Waals surface area contributed by atoms with Crippen LogP contribution in [0.2, 0.25) is 5.02 Å². The Morgan fingerprint density at radius 1 is 1.39 bits per heavy atom. The van der Waals surface area contributed by atoms with Crippen molar-refractivity contribution in [1.82, 2.24) is 0 Å². The second kappa shape index (κ2) is 5.14. The van der Waals surface area contributed by atoms with Crippen LogP contribution in [0.5, 0.6) is 0 Å². The lowest BCUT2D eigenvalue weighted by molar-refractivity contribution is 0.0567. The summed E-state index contributed by atoms with van der Waals surface area (Å²) in [7, 11) is 3.02. The molecular weight excluding hydrogens is 254 g/mol. The van der Waals surface area contributed by atoms with Gasteiger partial charge >= 0.3 is 5.97 Å². The Balaban J connectivity index is 2.47. The third-order valence-electron chi connectivity index (χ3n) is 2.48. The van der Waals surface area contributed by atoms with Crippen LogP contribution in [-0.2, 0) is 4.74 Å². The number of ether oxygens (including phenoxy) is 1. The first-order valence-electron chi connectivity index (χ1n) is 5.31. The molecule has 5 heteroatoms. The number of carbonyl (C=O) groups excluding carboxylic acids is 1. The van der Waals surface area contributed by atoms with Crippen LogP contribution in [0.15, 0.2) is 34.7 Å². The summed E-state index contributed by atoms with van der Waals surface area (Å²) < 4.78 is 10.2. The highest BCUT2D eigenvalue weighted by Crippen LogP contribution is 2.30. The lowest BCUT2D eigenvalue weighted by atomic mass is 10.2. The van der Waals surface area contributed by atoms with Crippen molar-refractivity contribution in [3.63, 3.8) is 0 Å². The Morgan fingerprint density at radius 3 is 2.78 bits per heavy atom. The summed E-state index contributed by atoms with van der Waals surface area (Å²) in [5.41, 5.74) is 1.38. The number of halogens is 1. The maximum absolute atomic E-state index is 11.5. The molecule has 0 atom stereocenters. The maximum Gasteiger partial charge on any atom is 0.376 e. The lowest BCUT2D eigenvalue weighted by Crippen LogP contribution is -2.02. The van der Waals surface area contributed by atoms with Gasteiger partial charge in [-0.15, -0.1) is 0 Å². The fourth-order valence-electron chi connectivity index (χ4n) is 1.61. The molecule has 0 amide bonds. The molecule has 0 aliphatic carbocycles. The average Bonchev–Trinajstić information content (AvgIpc) is 2.82. The Morgan fingerprint density at radius 2 is 2.17 bits per heavy atom. The number of carbonyl (C=O) groups is 1. The van der Waals surface area contributed by atoms with E-state index < -0.39 is 5.97 Å². The van der Waals surface area contributed by atoms with Gasteiger partial charge in [0.1, 0.15) is 5.76 Å². The summed E-state index contributed by atoms with van der Waals surface area (Å²) >= 11 is 5.92. The number of rotatable bonds is 3. The molecule has 4 nitrogen and oxygen atoms in total. The number of esters is 1. The highest BCUT2D eigenvalue weighted by atomic mass is 35.5. The number of nitrogens with one attached hydrogen (secondary N) is 1. The quantitative estimate of drug-likeness (QED) is 0.864. The van der Waals surface area contributed by atoms with Crippen molar-refractivity contribution in [3.8, 4) is 11.3 Å². The van der Waals surface area contributed by atoms with E-state index in [1.807, 2.05) is 12.1 Å². The minimum Gasteiger partial charge on any atom is -0.463 e. The summed E-state index contributed by atoms with van der Waals surface area (Å²) in [6.07, 6.45) is 0. The summed E-state index contributed by atoms with van der Waals surface area (Å²) in [6, 6.07) is 8.94. The molecule has 0 saturated carbocycles. The fraction of sp³-hybridized carbons (Fsp3) is 0.154. The maximum atomic E-state index is 11.5. The summed E-state index contributed by atoms with van der Waals surface area (Å²) in [6.45, 7) is 0. The van der Waals surface area contributed by atoms with Gasteiger partial charge in [-0.3, -0.25) is 0 Å². The zero-order chi connectivity index (χ0) is 13.1. The van der Waals surface area contributed by atoms with Crippen molar-refractivity contribution in [2.45, 2.75) is 0 Å². The molecular formula is C13H12ClNO3. The summed E-state index contributed by atoms with van der Waals surface area (Å²) in [4.78, 5) is 11.5. The monoisotopic (exact) mass is 265 g/mol. The van der Waals surface area contributed by atoms with Gasteiger partial charge in [-0.1, -0.05) is 23.7 Å². The first-order valence-corrected chi connectivity index (χ1v) is 5.69. The number of anilines is 1. The summed E-state index contributed by atoms with van der Waals surface area (Å²) in [5, 5.41) is 3.49. The largest absolute Gasteiger partial charge is 0.463 e. The van der Waals surface area contributed by atoms with Gasteiger partial charge in [-0.2, -0.15) is 0 Å². The highest BCUT2D eigenvalue weighted by Gasteiger charge is 2.19. The predicted molar refractivity (Wildman–Crippen MR) is 70.0 cm³/mol. The van der Waals surface area contributed by atoms with Gasteiger partial charge < -0.3 is 14.5 Å². The van der Waals surface area contributed by atoms with Gasteiger partial charge in [0.25, 0.3) is 0 Å². The molecule has 2 rings (SSSR count). The Hall–Kier alpha value is -1.94. The molecule has 0 spiro atoms. The van der Waals surface area contributed by atoms with Gasteiger partial charge in [0.15, 0.2) is 0 Å². The van der Waals surface area contributed by atoms with Gasteiger partial charge in [0.2, 0.25) is 5.76 Å². The Bertz CT molecular complexity index is 577. The molecule has 1 aromatic heterocycles. The van der Waals surface area contributed by atoms with Crippen LogP contribution in [0.1, 0.15) is 10.6 Å². The van der Waals surface area contributed by atoms with Gasteiger partial charge in [0, 0.05) is 23.7 Å². The first-order chi connectivity index (χ1) is 8.65. The second-order valence-electron chi connectivity index (χ2n) is 3.61. The van der Waals surface area contributed by atoms with Crippen LogP contribution in [0.4, 0.5) is 5.69 Å². The van der Waals surface area contributed by atoms with Gasteiger partial charge in [-0.05, 0) is 12.1 Å². The van der Waals surface area contributed by atoms with E-state index in [1.165, 1.54) is 7.11 Å². The molecule has 18 heavy (non-hydrogen) atoms. The van der Waals surface area contributed by atoms with E-state index in [1.54, 1.807) is 25.2 Å². The van der Waals surface area contributed by atoms with Crippen LogP contribution in [0.3, 0.4) is 0 Å². The number of hydrogen-bond donors (Lipinski definition) is 1. The van der Waals surface area contributed by atoms with Crippen LogP contribution >= 0.6 is 11.6 Å². The minimum absolute atomic E-state index is 0.148. The normalized spacial score (nSPS) is 10.2. The van der Waals surface area contributed by atoms with Gasteiger partial charge in [-0.25, -0.2) is 4.79 Å². The van der Waals surface area contributed by atoms with E-state index in [9.17, 15) is 4.79 Å². The van der Waals surface area contributed by atoms with E-state index in [2.05, 4.69) is 10.1 Å². The molecule has 0 radical (unpaired) electrons. The SMILES string of the molecule is CNc1cc(-c2cccc(Cl)c2)oc1C(=O)OC. The van der Waals surface area contributed by atoms with E-state index >= 15 is 0 Å². The fourth-order valence-corrected chi connectivity index (χ4v) is 1.80. The number of benzene rings is 1. The zero-order valence-electron chi connectivity index (χ0n) is 9.99. The van der Waals surface area contributed by atoms with Crippen LogP contribution in [0, 0.1) is 0 Å². The standard InChI is InChI=1S/C13H12ClNO3/c1-15-10-7-11(18-12(10)13(16)17-2)8-4-3-5-9(14)6-8/h3-7,15H,1-2H3. The van der Waals surface area contributed by atoms with Crippen molar-refractivity contribution in [2.24, 2.45) is 0 Å². The van der Waals surface area contributed by atoms with Crippen molar-refractivity contribution in [1.29, 1.82) is 0 Å². The minimum atomic E-state index is -0.521. The molecule has 1 aromatic carbocycles. The predicted octanol–water partition coefficient (Wildman–Crippen LogP) is 3.43. The van der Waals surface area contributed by atoms with Crippen molar-refractivity contribution < 1.29 is 13.9 Å². The van der Waals surface area contributed by atoms with Crippen LogP contribution < -0.4 is 5.32 Å². The van der Waals surface area contributed by atoms with Crippen LogP contribution in [0.25, 0.3) is 11.3 Å². The van der Waals surface area contributed by atoms with E-state index in [0.717, 1.165) is 5.56 Å². The third kappa shape index (κ3) is 2.33. The molecule has 94 valence electrons. The Kier molecular flexibility index (Phi) is 3.58. The van der Waals surface area contributed by atoms with Gasteiger partial charge in [0.05, 0.1) is 12.8 Å². The lowest BCUT2D eigenvalue weighted by Gasteiger charge is -1.98. The van der Waals surface area contributed by atoms with Crippen LogP contribution in [-0.4, -0.2) is 20.1 Å². The average molecular weight is 266 g/mol. The molecule has 1 heterocycles. The topological polar surface area (TPSA) is 51.5 Å². The van der Waals surface area contributed by atoms with E-state index in [4.69, 9.17) is 16.0 Å². The van der Waals surface area contributed by atoms with Crippen molar-refractivity contribution in [2.75, 3.05) is 19.5 Å². The molecule has 0 fully saturated rings. The molecule has 1 N–H and O–H groups in total. The number of hydrogen-bond acceptors (Lipinski definition) is 4. The first kappa shape index (κ1) is 12.5. The molecule has 0 aliphatic rings. The summed E-state index contributed by atoms with van der Waals surface area (Å²) in [5.74, 6) is 0.185. The van der Waals surface area contributed by atoms with E-state index in [0.29, 0.717) is 16.5 Å². The van der Waals surface area contributed by atoms with Crippen molar-refractivity contribution in [3.05, 3.63) is 41.1 Å². The number of furan rings is 1. The molecule has 0 bridgehead atoms. The molecule has 0 unspecified atom stereocenters. The molecule has 2 aromatic rings. The molecule has 0 saturated heterocycles. The third-order valence-corrected chi connectivity index (χ3v) is 2.72. The van der Waals surface area contributed by atoms with Crippen molar-refractivity contribution >= 4 is 23.3 Å². The molecule has 0 aliphatic heterocycles.